The van der Waals surface area contributed by atoms with E-state index in [1.54, 1.807) is 6.07 Å². The third kappa shape index (κ3) is 3.88. The van der Waals surface area contributed by atoms with E-state index in [2.05, 4.69) is 21.4 Å². The van der Waals surface area contributed by atoms with Crippen molar-refractivity contribution in [1.82, 2.24) is 24.4 Å². The smallest absolute Gasteiger partial charge is 0.166 e. The monoisotopic (exact) mass is 444 g/mol. The van der Waals surface area contributed by atoms with Crippen molar-refractivity contribution in [1.29, 1.82) is 0 Å². The van der Waals surface area contributed by atoms with E-state index in [-0.39, 0.29) is 11.9 Å². The summed E-state index contributed by atoms with van der Waals surface area (Å²) < 4.78 is 21.5. The van der Waals surface area contributed by atoms with E-state index in [1.165, 1.54) is 12.1 Å². The molecule has 0 atom stereocenters. The van der Waals surface area contributed by atoms with E-state index in [0.29, 0.717) is 35.4 Å². The number of benzene rings is 1. The lowest BCUT2D eigenvalue weighted by molar-refractivity contribution is 0.0708. The van der Waals surface area contributed by atoms with Crippen molar-refractivity contribution in [2.45, 2.75) is 25.8 Å². The van der Waals surface area contributed by atoms with Crippen LogP contribution in [0.4, 0.5) is 10.2 Å². The maximum atomic E-state index is 13.8. The third-order valence-electron chi connectivity index (χ3n) is 6.16. The van der Waals surface area contributed by atoms with Crippen LogP contribution in [0, 0.1) is 12.7 Å². The number of likely N-dealkylation sites (N-methyl/N-ethyl adjacent to an activating group) is 1. The minimum Gasteiger partial charge on any atom is -0.381 e. The Morgan fingerprint density at radius 1 is 1.06 bits per heavy atom. The van der Waals surface area contributed by atoms with Crippen LogP contribution in [0.3, 0.4) is 0 Å². The van der Waals surface area contributed by atoms with Gasteiger partial charge < -0.3 is 19.1 Å². The molecular formula is C22H26ClFN6O. The molecule has 2 aliphatic heterocycles. The minimum absolute atomic E-state index is 0.185. The first-order valence-corrected chi connectivity index (χ1v) is 11.1. The first-order valence-electron chi connectivity index (χ1n) is 10.7. The Balaban J connectivity index is 1.72. The number of nitrogens with zero attached hydrogens (tertiary/aromatic N) is 6. The standard InChI is InChI=1S/C22H26ClFN6O/c1-14-25-21(29-9-7-28(2)8-10-29)19-22(26-14)30(16-5-11-31-12-6-16)20(27-19)17-4-3-15(24)13-18(17)23/h3-4,13,16H,5-12H2,1-2H3. The second-order valence-corrected chi connectivity index (χ2v) is 8.74. The Morgan fingerprint density at radius 2 is 1.81 bits per heavy atom. The summed E-state index contributed by atoms with van der Waals surface area (Å²) in [5.74, 6) is 1.92. The normalized spacial score (nSPS) is 18.8. The van der Waals surface area contributed by atoms with Gasteiger partial charge in [0.1, 0.15) is 17.5 Å². The molecule has 0 aliphatic carbocycles. The maximum Gasteiger partial charge on any atom is 0.166 e. The Bertz CT molecular complexity index is 1110. The van der Waals surface area contributed by atoms with Gasteiger partial charge in [0.25, 0.3) is 0 Å². The molecule has 4 heterocycles. The van der Waals surface area contributed by atoms with E-state index >= 15 is 0 Å². The molecule has 0 spiro atoms. The van der Waals surface area contributed by atoms with E-state index in [0.717, 1.165) is 56.0 Å². The molecule has 0 bridgehead atoms. The number of aromatic nitrogens is 4. The topological polar surface area (TPSA) is 59.3 Å². The predicted octanol–water partition coefficient (Wildman–Crippen LogP) is 3.70. The number of halogens is 2. The van der Waals surface area contributed by atoms with Gasteiger partial charge in [-0.1, -0.05) is 11.6 Å². The summed E-state index contributed by atoms with van der Waals surface area (Å²) in [5, 5.41) is 0.342. The van der Waals surface area contributed by atoms with E-state index in [9.17, 15) is 4.39 Å². The first kappa shape index (κ1) is 20.6. The summed E-state index contributed by atoms with van der Waals surface area (Å²) in [6, 6.07) is 4.64. The van der Waals surface area contributed by atoms with Crippen LogP contribution in [0.1, 0.15) is 24.7 Å². The van der Waals surface area contributed by atoms with Crippen molar-refractivity contribution in [3.63, 3.8) is 0 Å². The Labute approximate surface area is 185 Å². The average molecular weight is 445 g/mol. The van der Waals surface area contributed by atoms with E-state index in [4.69, 9.17) is 31.3 Å². The van der Waals surface area contributed by atoms with Crippen molar-refractivity contribution in [3.05, 3.63) is 34.9 Å². The quantitative estimate of drug-likeness (QED) is 0.614. The molecule has 7 nitrogen and oxygen atoms in total. The zero-order chi connectivity index (χ0) is 21.5. The van der Waals surface area contributed by atoms with Gasteiger partial charge in [-0.25, -0.2) is 19.3 Å². The molecule has 1 aromatic carbocycles. The third-order valence-corrected chi connectivity index (χ3v) is 6.48. The summed E-state index contributed by atoms with van der Waals surface area (Å²) in [5.41, 5.74) is 2.29. The van der Waals surface area contributed by atoms with Gasteiger partial charge in [0.15, 0.2) is 17.0 Å². The number of imidazole rings is 1. The zero-order valence-electron chi connectivity index (χ0n) is 17.8. The molecule has 2 aromatic heterocycles. The molecule has 0 amide bonds. The van der Waals surface area contributed by atoms with Crippen LogP contribution in [0.15, 0.2) is 18.2 Å². The summed E-state index contributed by atoms with van der Waals surface area (Å²) in [6.45, 7) is 7.03. The van der Waals surface area contributed by atoms with Gasteiger partial charge in [-0.2, -0.15) is 0 Å². The lowest BCUT2D eigenvalue weighted by atomic mass is 10.1. The highest BCUT2D eigenvalue weighted by molar-refractivity contribution is 6.33. The maximum absolute atomic E-state index is 13.8. The lowest BCUT2D eigenvalue weighted by Crippen LogP contribution is -2.45. The molecule has 2 fully saturated rings. The number of piperazine rings is 1. The fourth-order valence-electron chi connectivity index (χ4n) is 4.45. The number of rotatable bonds is 3. The zero-order valence-corrected chi connectivity index (χ0v) is 18.6. The highest BCUT2D eigenvalue weighted by Crippen LogP contribution is 2.37. The average Bonchev–Trinajstić information content (AvgIpc) is 3.13. The SMILES string of the molecule is Cc1nc(N2CCN(C)CC2)c2nc(-c3ccc(F)cc3Cl)n(C3CCOCC3)c2n1. The van der Waals surface area contributed by atoms with Crippen LogP contribution >= 0.6 is 11.6 Å². The van der Waals surface area contributed by atoms with Crippen molar-refractivity contribution in [2.75, 3.05) is 51.3 Å². The van der Waals surface area contributed by atoms with Crippen LogP contribution in [0.2, 0.25) is 5.02 Å². The van der Waals surface area contributed by atoms with Gasteiger partial charge >= 0.3 is 0 Å². The highest BCUT2D eigenvalue weighted by Gasteiger charge is 2.28. The number of anilines is 1. The van der Waals surface area contributed by atoms with E-state index in [1.807, 2.05) is 6.92 Å². The fourth-order valence-corrected chi connectivity index (χ4v) is 4.71. The molecule has 0 saturated carbocycles. The molecule has 5 rings (SSSR count). The molecule has 9 heteroatoms. The molecular weight excluding hydrogens is 419 g/mol. The van der Waals surface area contributed by atoms with Crippen LogP contribution < -0.4 is 4.90 Å². The van der Waals surface area contributed by atoms with Crippen molar-refractivity contribution in [3.8, 4) is 11.4 Å². The van der Waals surface area contributed by atoms with Gasteiger partial charge in [0.2, 0.25) is 0 Å². The van der Waals surface area contributed by atoms with Crippen molar-refractivity contribution < 1.29 is 9.13 Å². The molecule has 31 heavy (non-hydrogen) atoms. The van der Waals surface area contributed by atoms with Gasteiger partial charge in [0.05, 0.1) is 5.02 Å². The minimum atomic E-state index is -0.365. The van der Waals surface area contributed by atoms with Gasteiger partial charge in [-0.05, 0) is 45.0 Å². The largest absolute Gasteiger partial charge is 0.381 e. The highest BCUT2D eigenvalue weighted by atomic mass is 35.5. The van der Waals surface area contributed by atoms with Crippen LogP contribution in [-0.2, 0) is 4.74 Å². The lowest BCUT2D eigenvalue weighted by Gasteiger charge is -2.33. The number of hydrogen-bond acceptors (Lipinski definition) is 6. The number of fused-ring (bicyclic) bond motifs is 1. The molecule has 0 N–H and O–H groups in total. The number of hydrogen-bond donors (Lipinski definition) is 0. The summed E-state index contributed by atoms with van der Waals surface area (Å²) in [7, 11) is 2.13. The van der Waals surface area contributed by atoms with Gasteiger partial charge in [-0.15, -0.1) is 0 Å². The predicted molar refractivity (Wildman–Crippen MR) is 119 cm³/mol. The second kappa shape index (κ2) is 8.33. The molecule has 164 valence electrons. The van der Waals surface area contributed by atoms with E-state index < -0.39 is 0 Å². The summed E-state index contributed by atoms with van der Waals surface area (Å²) in [4.78, 5) is 19.2. The van der Waals surface area contributed by atoms with Crippen molar-refractivity contribution >= 4 is 28.6 Å². The summed E-state index contributed by atoms with van der Waals surface area (Å²) in [6.07, 6.45) is 1.73. The Kier molecular flexibility index (Phi) is 5.54. The first-order chi connectivity index (χ1) is 15.0. The van der Waals surface area contributed by atoms with Crippen LogP contribution in [-0.4, -0.2) is 70.9 Å². The molecule has 2 aliphatic rings. The second-order valence-electron chi connectivity index (χ2n) is 8.33. The van der Waals surface area contributed by atoms with Gasteiger partial charge in [-0.3, -0.25) is 0 Å². The number of ether oxygens (including phenoxy) is 1. The summed E-state index contributed by atoms with van der Waals surface area (Å²) >= 11 is 6.47. The Morgan fingerprint density at radius 3 is 2.52 bits per heavy atom. The number of aryl methyl sites for hydroxylation is 1. The molecule has 0 radical (unpaired) electrons. The van der Waals surface area contributed by atoms with Crippen molar-refractivity contribution in [2.24, 2.45) is 0 Å². The molecule has 0 unspecified atom stereocenters. The van der Waals surface area contributed by atoms with Crippen LogP contribution in [0.25, 0.3) is 22.6 Å². The molecule has 2 saturated heterocycles. The van der Waals surface area contributed by atoms with Gasteiger partial charge in [0, 0.05) is 51.0 Å². The van der Waals surface area contributed by atoms with Crippen LogP contribution in [0.5, 0.6) is 0 Å². The Hall–Kier alpha value is -2.29. The fraction of sp³-hybridized carbons (Fsp3) is 0.500. The molecule has 3 aromatic rings.